The second kappa shape index (κ2) is 22.7. The smallest absolute Gasteiger partial charge is 0.157 e. The second-order valence-corrected chi connectivity index (χ2v) is 12.5. The van der Waals surface area contributed by atoms with Gasteiger partial charge in [0.1, 0.15) is 11.5 Å². The molecular weight excluding hydrogens is 522 g/mol. The van der Waals surface area contributed by atoms with Gasteiger partial charge in [-0.3, -0.25) is 0 Å². The molecule has 1 aliphatic rings. The molecule has 1 aromatic carbocycles. The lowest BCUT2D eigenvalue weighted by Crippen LogP contribution is -2.28. The molecule has 1 heterocycles. The van der Waals surface area contributed by atoms with Crippen molar-refractivity contribution in [2.24, 2.45) is 5.73 Å². The van der Waals surface area contributed by atoms with Crippen molar-refractivity contribution in [3.8, 4) is 11.5 Å². The summed E-state index contributed by atoms with van der Waals surface area (Å²) in [5.74, 6) is 1.76. The third-order valence-electron chi connectivity index (χ3n) is 7.90. The molecule has 5 nitrogen and oxygen atoms in total. The molecule has 42 heavy (non-hydrogen) atoms. The number of rotatable bonds is 24. The summed E-state index contributed by atoms with van der Waals surface area (Å²) in [7, 11) is 0. The minimum Gasteiger partial charge on any atom is -0.493 e. The van der Waals surface area contributed by atoms with Gasteiger partial charge in [-0.15, -0.1) is 0 Å². The number of ether oxygens (including phenoxy) is 4. The molecule has 1 atom stereocenters. The highest BCUT2D eigenvalue weighted by Gasteiger charge is 2.19. The zero-order valence-corrected chi connectivity index (χ0v) is 27.6. The van der Waals surface area contributed by atoms with Crippen LogP contribution in [0.15, 0.2) is 36.4 Å². The Kier molecular flexibility index (Phi) is 19.6. The first-order chi connectivity index (χ1) is 20.4. The molecule has 0 spiro atoms. The number of allylic oxidation sites excluding steroid dienone is 4. The lowest BCUT2D eigenvalue weighted by atomic mass is 9.94. The average Bonchev–Trinajstić information content (AvgIpc) is 2.97. The van der Waals surface area contributed by atoms with E-state index in [2.05, 4.69) is 50.3 Å². The Balaban J connectivity index is 1.60. The monoisotopic (exact) mass is 585 g/mol. The average molecular weight is 586 g/mol. The van der Waals surface area contributed by atoms with Gasteiger partial charge < -0.3 is 24.7 Å². The molecule has 0 radical (unpaired) electrons. The van der Waals surface area contributed by atoms with Gasteiger partial charge in [0.15, 0.2) is 6.29 Å². The molecule has 0 amide bonds. The van der Waals surface area contributed by atoms with E-state index in [9.17, 15) is 0 Å². The van der Waals surface area contributed by atoms with Crippen molar-refractivity contribution in [1.82, 2.24) is 0 Å². The predicted molar refractivity (Wildman–Crippen MR) is 178 cm³/mol. The van der Waals surface area contributed by atoms with Crippen LogP contribution in [-0.4, -0.2) is 32.7 Å². The van der Waals surface area contributed by atoms with Crippen LogP contribution >= 0.6 is 0 Å². The Labute approximate surface area is 258 Å². The number of nitrogens with two attached hydrogens (primary N) is 1. The Hall–Kier alpha value is -1.82. The van der Waals surface area contributed by atoms with E-state index < -0.39 is 5.54 Å². The van der Waals surface area contributed by atoms with Crippen LogP contribution in [0.2, 0.25) is 0 Å². The maximum Gasteiger partial charge on any atom is 0.157 e. The Morgan fingerprint density at radius 3 is 1.95 bits per heavy atom. The topological polar surface area (TPSA) is 62.9 Å². The normalized spacial score (nSPS) is 16.1. The van der Waals surface area contributed by atoms with Crippen LogP contribution in [0.4, 0.5) is 0 Å². The first-order valence-corrected chi connectivity index (χ1v) is 17.1. The van der Waals surface area contributed by atoms with Gasteiger partial charge in [-0.1, -0.05) is 69.8 Å². The molecule has 5 heteroatoms. The third-order valence-corrected chi connectivity index (χ3v) is 7.90. The quantitative estimate of drug-likeness (QED) is 0.0966. The second-order valence-electron chi connectivity index (χ2n) is 12.5. The van der Waals surface area contributed by atoms with Crippen LogP contribution in [0, 0.1) is 6.92 Å². The summed E-state index contributed by atoms with van der Waals surface area (Å²) in [5, 5.41) is 0. The molecule has 1 saturated heterocycles. The van der Waals surface area contributed by atoms with Gasteiger partial charge in [0.2, 0.25) is 0 Å². The highest BCUT2D eigenvalue weighted by Crippen LogP contribution is 2.34. The lowest BCUT2D eigenvalue weighted by molar-refractivity contribution is -0.162. The van der Waals surface area contributed by atoms with E-state index in [0.29, 0.717) is 13.2 Å². The molecule has 0 aliphatic carbocycles. The van der Waals surface area contributed by atoms with Crippen LogP contribution in [0.3, 0.4) is 0 Å². The minimum absolute atomic E-state index is 0.0186. The molecule has 2 rings (SSSR count). The van der Waals surface area contributed by atoms with Gasteiger partial charge >= 0.3 is 0 Å². The van der Waals surface area contributed by atoms with Crippen molar-refractivity contribution in [1.29, 1.82) is 0 Å². The summed E-state index contributed by atoms with van der Waals surface area (Å²) in [4.78, 5) is 0. The summed E-state index contributed by atoms with van der Waals surface area (Å²) in [6.45, 7) is 11.3. The Bertz CT molecular complexity index is 867. The largest absolute Gasteiger partial charge is 0.493 e. The fraction of sp³-hybridized carbons (Fsp3) is 0.730. The zero-order chi connectivity index (χ0) is 30.3. The summed E-state index contributed by atoms with van der Waals surface area (Å²) in [6.07, 6.45) is 29.5. The highest BCUT2D eigenvalue weighted by atomic mass is 16.7. The van der Waals surface area contributed by atoms with Gasteiger partial charge in [0.05, 0.1) is 13.2 Å². The van der Waals surface area contributed by atoms with Gasteiger partial charge in [-0.05, 0) is 109 Å². The van der Waals surface area contributed by atoms with E-state index in [1.165, 1.54) is 70.6 Å². The first kappa shape index (κ1) is 36.4. The molecule has 1 fully saturated rings. The van der Waals surface area contributed by atoms with Crippen molar-refractivity contribution < 1.29 is 18.9 Å². The van der Waals surface area contributed by atoms with Gasteiger partial charge in [0, 0.05) is 24.3 Å². The molecule has 0 aromatic heterocycles. The van der Waals surface area contributed by atoms with Crippen LogP contribution in [-0.2, 0) is 15.0 Å². The first-order valence-electron chi connectivity index (χ1n) is 17.1. The van der Waals surface area contributed by atoms with Crippen LogP contribution in [0.1, 0.15) is 141 Å². The molecule has 2 N–H and O–H groups in total. The Morgan fingerprint density at radius 1 is 0.786 bits per heavy atom. The van der Waals surface area contributed by atoms with E-state index in [-0.39, 0.29) is 6.29 Å². The summed E-state index contributed by atoms with van der Waals surface area (Å²) < 4.78 is 24.0. The van der Waals surface area contributed by atoms with Gasteiger partial charge in [-0.2, -0.15) is 0 Å². The minimum atomic E-state index is -0.460. The molecule has 240 valence electrons. The van der Waals surface area contributed by atoms with Crippen LogP contribution in [0.5, 0.6) is 11.5 Å². The zero-order valence-electron chi connectivity index (χ0n) is 27.6. The number of benzene rings is 1. The predicted octanol–water partition coefficient (Wildman–Crippen LogP) is 10.1. The summed E-state index contributed by atoms with van der Waals surface area (Å²) in [6, 6.07) is 4.17. The van der Waals surface area contributed by atoms with Crippen molar-refractivity contribution in [3.63, 3.8) is 0 Å². The van der Waals surface area contributed by atoms with Gasteiger partial charge in [0.25, 0.3) is 0 Å². The summed E-state index contributed by atoms with van der Waals surface area (Å²) >= 11 is 0. The maximum absolute atomic E-state index is 6.46. The maximum atomic E-state index is 6.46. The lowest BCUT2D eigenvalue weighted by Gasteiger charge is -2.23. The van der Waals surface area contributed by atoms with Crippen molar-refractivity contribution in [2.75, 3.05) is 26.4 Å². The van der Waals surface area contributed by atoms with E-state index in [1.54, 1.807) is 0 Å². The van der Waals surface area contributed by atoms with E-state index in [0.717, 1.165) is 74.4 Å². The molecule has 1 aliphatic heterocycles. The fourth-order valence-electron chi connectivity index (χ4n) is 5.05. The molecular formula is C37H63NO4. The number of unbranched alkanes of at least 4 members (excludes halogenated alkanes) is 10. The van der Waals surface area contributed by atoms with Crippen LogP contribution < -0.4 is 15.2 Å². The fourth-order valence-corrected chi connectivity index (χ4v) is 5.05. The molecule has 0 bridgehead atoms. The van der Waals surface area contributed by atoms with E-state index in [4.69, 9.17) is 24.7 Å². The Morgan fingerprint density at radius 2 is 1.36 bits per heavy atom. The van der Waals surface area contributed by atoms with Crippen molar-refractivity contribution in [2.45, 2.75) is 149 Å². The van der Waals surface area contributed by atoms with Gasteiger partial charge in [-0.25, -0.2) is 0 Å². The number of hydrogen-bond acceptors (Lipinski definition) is 5. The number of hydrogen-bond donors (Lipinski definition) is 1. The van der Waals surface area contributed by atoms with Crippen molar-refractivity contribution >= 4 is 0 Å². The highest BCUT2D eigenvalue weighted by molar-refractivity contribution is 5.49. The van der Waals surface area contributed by atoms with E-state index in [1.807, 2.05) is 13.8 Å². The van der Waals surface area contributed by atoms with Crippen LogP contribution in [0.25, 0.3) is 0 Å². The van der Waals surface area contributed by atoms with E-state index >= 15 is 0 Å². The molecule has 1 unspecified atom stereocenters. The third kappa shape index (κ3) is 16.7. The molecule has 0 saturated carbocycles. The summed E-state index contributed by atoms with van der Waals surface area (Å²) in [5.41, 5.74) is 8.08. The SMILES string of the molecule is CCCCC/C=C\C/C=C\CCCCCCCCOc1cc(C(C)(C)N)cc(OCCCCOC2CCCCO2)c1C. The molecule has 1 aromatic rings. The van der Waals surface area contributed by atoms with Crippen molar-refractivity contribution in [3.05, 3.63) is 47.6 Å². The standard InChI is InChI=1S/C37H63NO4/c1-5-6-7-8-9-10-11-12-13-14-15-16-17-18-19-21-26-39-34-30-33(37(3,4)38)31-35(32(34)2)40-27-23-24-29-42-36-25-20-22-28-41-36/h9-10,12-13,30-31,36H,5-8,11,14-29,38H2,1-4H3/b10-9-,13-12-.